The topological polar surface area (TPSA) is 0 Å². The summed E-state index contributed by atoms with van der Waals surface area (Å²) in [5.74, 6) is 0. The quantitative estimate of drug-likeness (QED) is 0.297. The smallest absolute Gasteiger partial charge is 0.0210 e. The van der Waals surface area contributed by atoms with E-state index in [1.807, 2.05) is 0 Å². The van der Waals surface area contributed by atoms with E-state index < -0.39 is 0 Å². The van der Waals surface area contributed by atoms with Crippen molar-refractivity contribution in [3.63, 3.8) is 0 Å². The average molecular weight is 292 g/mol. The number of allylic oxidation sites excluding steroid dienone is 2. The molecule has 0 nitrogen and oxygen atoms in total. The summed E-state index contributed by atoms with van der Waals surface area (Å²) >= 11 is 2.61. The highest BCUT2D eigenvalue weighted by Crippen LogP contribution is 2.57. The van der Waals surface area contributed by atoms with E-state index in [-0.39, 0.29) is 0 Å². The lowest BCUT2D eigenvalue weighted by Gasteiger charge is -2.11. The molecule has 0 N–H and O–H groups in total. The van der Waals surface area contributed by atoms with Crippen LogP contribution in [-0.4, -0.2) is 3.92 Å². The highest BCUT2D eigenvalue weighted by Gasteiger charge is 2.49. The SMILES string of the molecule is CCCCC[C@]1(C=C(C)C)C[C@H]1I. The van der Waals surface area contributed by atoms with Gasteiger partial charge in [-0.2, -0.15) is 0 Å². The molecule has 13 heavy (non-hydrogen) atoms. The Morgan fingerprint density at radius 1 is 1.46 bits per heavy atom. The summed E-state index contributed by atoms with van der Waals surface area (Å²) in [6, 6.07) is 0. The van der Waals surface area contributed by atoms with Gasteiger partial charge in [0.15, 0.2) is 0 Å². The van der Waals surface area contributed by atoms with Crippen LogP contribution >= 0.6 is 22.6 Å². The van der Waals surface area contributed by atoms with Crippen molar-refractivity contribution < 1.29 is 0 Å². The minimum absolute atomic E-state index is 0.606. The standard InChI is InChI=1S/C12H21I/c1-4-5-6-7-12(8-10(2)3)9-11(12)13/h8,11H,4-7,9H2,1-3H3/t11-,12+/m1/s1. The zero-order valence-electron chi connectivity index (χ0n) is 9.07. The maximum Gasteiger partial charge on any atom is 0.0210 e. The molecule has 1 saturated carbocycles. The van der Waals surface area contributed by atoms with Crippen molar-refractivity contribution in [2.75, 3.05) is 0 Å². The molecule has 0 bridgehead atoms. The van der Waals surface area contributed by atoms with Gasteiger partial charge in [-0.1, -0.05) is 60.4 Å². The van der Waals surface area contributed by atoms with E-state index in [1.54, 1.807) is 0 Å². The molecule has 0 saturated heterocycles. The third-order valence-corrected chi connectivity index (χ3v) is 4.53. The molecule has 0 aliphatic heterocycles. The largest absolute Gasteiger partial charge is 0.0816 e. The van der Waals surface area contributed by atoms with Crippen LogP contribution in [0.2, 0.25) is 0 Å². The number of unbranched alkanes of at least 4 members (excludes halogenated alkanes) is 2. The van der Waals surface area contributed by atoms with Crippen LogP contribution in [0.25, 0.3) is 0 Å². The first kappa shape index (κ1) is 11.5. The molecule has 1 rings (SSSR count). The van der Waals surface area contributed by atoms with E-state index in [4.69, 9.17) is 0 Å². The molecule has 1 heteroatoms. The Kier molecular flexibility index (Phi) is 4.27. The van der Waals surface area contributed by atoms with Crippen LogP contribution in [0, 0.1) is 5.41 Å². The zero-order valence-corrected chi connectivity index (χ0v) is 11.2. The molecule has 0 amide bonds. The second-order valence-corrected chi connectivity index (χ2v) is 6.09. The minimum atomic E-state index is 0.606. The van der Waals surface area contributed by atoms with Crippen LogP contribution < -0.4 is 0 Å². The van der Waals surface area contributed by atoms with Gasteiger partial charge >= 0.3 is 0 Å². The maximum atomic E-state index is 2.61. The maximum absolute atomic E-state index is 2.61. The van der Waals surface area contributed by atoms with Crippen molar-refractivity contribution in [2.24, 2.45) is 5.41 Å². The molecule has 76 valence electrons. The molecule has 0 unspecified atom stereocenters. The number of hydrogen-bond donors (Lipinski definition) is 0. The Hall–Kier alpha value is 0.470. The fourth-order valence-corrected chi connectivity index (χ4v) is 3.35. The number of rotatable bonds is 5. The summed E-state index contributed by atoms with van der Waals surface area (Å²) in [5.41, 5.74) is 2.10. The summed E-state index contributed by atoms with van der Waals surface area (Å²) in [7, 11) is 0. The lowest BCUT2D eigenvalue weighted by atomic mass is 9.96. The Labute approximate surface area is 96.3 Å². The van der Waals surface area contributed by atoms with Crippen LogP contribution in [0.15, 0.2) is 11.6 Å². The second kappa shape index (κ2) is 4.81. The predicted molar refractivity (Wildman–Crippen MR) is 68.4 cm³/mol. The first-order chi connectivity index (χ1) is 6.10. The summed E-state index contributed by atoms with van der Waals surface area (Å²) in [6.45, 7) is 6.73. The van der Waals surface area contributed by atoms with E-state index in [0.717, 1.165) is 3.92 Å². The molecule has 0 aromatic carbocycles. The van der Waals surface area contributed by atoms with Crippen molar-refractivity contribution in [1.29, 1.82) is 0 Å². The van der Waals surface area contributed by atoms with Crippen LogP contribution in [-0.2, 0) is 0 Å². The number of halogens is 1. The molecule has 0 aromatic heterocycles. The molecule has 0 aromatic rings. The molecule has 0 heterocycles. The Balaban J connectivity index is 2.39. The second-order valence-electron chi connectivity index (χ2n) is 4.58. The van der Waals surface area contributed by atoms with Gasteiger partial charge in [0.1, 0.15) is 0 Å². The van der Waals surface area contributed by atoms with Crippen LogP contribution in [0.4, 0.5) is 0 Å². The lowest BCUT2D eigenvalue weighted by molar-refractivity contribution is 0.532. The van der Waals surface area contributed by atoms with E-state index in [9.17, 15) is 0 Å². The fraction of sp³-hybridized carbons (Fsp3) is 0.833. The van der Waals surface area contributed by atoms with Crippen molar-refractivity contribution >= 4 is 22.6 Å². The molecular weight excluding hydrogens is 271 g/mol. The van der Waals surface area contributed by atoms with Crippen LogP contribution in [0.3, 0.4) is 0 Å². The molecular formula is C12H21I. The van der Waals surface area contributed by atoms with E-state index in [1.165, 1.54) is 37.7 Å². The van der Waals surface area contributed by atoms with Gasteiger partial charge in [0.05, 0.1) is 0 Å². The highest BCUT2D eigenvalue weighted by atomic mass is 127. The molecule has 0 spiro atoms. The Bertz CT molecular complexity index is 191. The molecule has 0 radical (unpaired) electrons. The van der Waals surface area contributed by atoms with Gasteiger partial charge in [0, 0.05) is 9.34 Å². The average Bonchev–Trinajstić information content (AvgIpc) is 2.60. The van der Waals surface area contributed by atoms with Gasteiger partial charge in [-0.3, -0.25) is 0 Å². The van der Waals surface area contributed by atoms with Crippen molar-refractivity contribution in [1.82, 2.24) is 0 Å². The summed E-state index contributed by atoms with van der Waals surface area (Å²) in [4.78, 5) is 0. The lowest BCUT2D eigenvalue weighted by Crippen LogP contribution is -2.00. The third kappa shape index (κ3) is 3.26. The Morgan fingerprint density at radius 2 is 2.08 bits per heavy atom. The summed E-state index contributed by atoms with van der Waals surface area (Å²) < 4.78 is 0.914. The van der Waals surface area contributed by atoms with Gasteiger partial charge in [-0.25, -0.2) is 0 Å². The Morgan fingerprint density at radius 3 is 2.46 bits per heavy atom. The summed E-state index contributed by atoms with van der Waals surface area (Å²) in [6.07, 6.45) is 9.51. The van der Waals surface area contributed by atoms with E-state index >= 15 is 0 Å². The van der Waals surface area contributed by atoms with E-state index in [0.29, 0.717) is 5.41 Å². The van der Waals surface area contributed by atoms with Crippen LogP contribution in [0.5, 0.6) is 0 Å². The minimum Gasteiger partial charge on any atom is -0.0816 e. The zero-order chi connectivity index (χ0) is 9.90. The van der Waals surface area contributed by atoms with Gasteiger partial charge < -0.3 is 0 Å². The van der Waals surface area contributed by atoms with Gasteiger partial charge in [0.25, 0.3) is 0 Å². The normalized spacial score (nSPS) is 31.5. The summed E-state index contributed by atoms with van der Waals surface area (Å²) in [5, 5.41) is 0. The monoisotopic (exact) mass is 292 g/mol. The number of hydrogen-bond acceptors (Lipinski definition) is 0. The van der Waals surface area contributed by atoms with E-state index in [2.05, 4.69) is 49.4 Å². The van der Waals surface area contributed by atoms with Gasteiger partial charge in [0.2, 0.25) is 0 Å². The third-order valence-electron chi connectivity index (χ3n) is 2.84. The van der Waals surface area contributed by atoms with Gasteiger partial charge in [-0.15, -0.1) is 0 Å². The predicted octanol–water partition coefficient (Wildman–Crippen LogP) is 4.73. The molecule has 1 aliphatic carbocycles. The fourth-order valence-electron chi connectivity index (χ4n) is 2.03. The van der Waals surface area contributed by atoms with Crippen molar-refractivity contribution in [3.8, 4) is 0 Å². The van der Waals surface area contributed by atoms with Crippen molar-refractivity contribution in [2.45, 2.75) is 56.8 Å². The van der Waals surface area contributed by atoms with Crippen LogP contribution in [0.1, 0.15) is 52.9 Å². The molecule has 2 atom stereocenters. The highest BCUT2D eigenvalue weighted by molar-refractivity contribution is 14.1. The number of alkyl halides is 1. The van der Waals surface area contributed by atoms with Crippen molar-refractivity contribution in [3.05, 3.63) is 11.6 Å². The first-order valence-corrected chi connectivity index (χ1v) is 6.65. The van der Waals surface area contributed by atoms with Gasteiger partial charge in [-0.05, 0) is 26.7 Å². The molecule has 1 aliphatic rings. The molecule has 1 fully saturated rings. The first-order valence-electron chi connectivity index (χ1n) is 5.41.